The number of hydrogen-bond acceptors (Lipinski definition) is 2. The first-order valence-corrected chi connectivity index (χ1v) is 4.44. The van der Waals surface area contributed by atoms with Crippen molar-refractivity contribution in [2.24, 2.45) is 0 Å². The van der Waals surface area contributed by atoms with Crippen molar-refractivity contribution in [1.82, 2.24) is 4.72 Å². The smallest absolute Gasteiger partial charge is 0.217 e. The fourth-order valence-corrected chi connectivity index (χ4v) is 1.28. The molecule has 0 aliphatic rings. The zero-order chi connectivity index (χ0) is 8.10. The van der Waals surface area contributed by atoms with Crippen LogP contribution in [-0.4, -0.2) is 6.41 Å². The number of rotatable bonds is 3. The number of nitrogens with one attached hydrogen (secondary N) is 1. The predicted molar refractivity (Wildman–Crippen MR) is 50.8 cm³/mol. The van der Waals surface area contributed by atoms with Gasteiger partial charge in [0, 0.05) is 4.90 Å². The van der Waals surface area contributed by atoms with E-state index in [-0.39, 0.29) is 0 Å². The van der Waals surface area contributed by atoms with Crippen molar-refractivity contribution >= 4 is 32.9 Å². The minimum Gasteiger partial charge on any atom is -0.299 e. The zero-order valence-corrected chi connectivity index (χ0v) is 7.75. The maximum absolute atomic E-state index is 9.91. The van der Waals surface area contributed by atoms with Crippen molar-refractivity contribution < 1.29 is 4.79 Å². The summed E-state index contributed by atoms with van der Waals surface area (Å²) in [6.45, 7) is 0. The quantitative estimate of drug-likeness (QED) is 0.431. The second kappa shape index (κ2) is 4.37. The lowest BCUT2D eigenvalue weighted by atomic mass is 10.4. The fourth-order valence-electron chi connectivity index (χ4n) is 0.628. The Morgan fingerprint density at radius 3 is 2.55 bits per heavy atom. The molecule has 2 nitrogen and oxygen atoms in total. The Hall–Kier alpha value is -0.530. The Morgan fingerprint density at radius 1 is 1.36 bits per heavy atom. The van der Waals surface area contributed by atoms with Gasteiger partial charge in [0.05, 0.1) is 0 Å². The van der Waals surface area contributed by atoms with E-state index in [4.69, 9.17) is 0 Å². The minimum atomic E-state index is 0.666. The molecule has 0 fully saturated rings. The lowest BCUT2D eigenvalue weighted by molar-refractivity contribution is -0.107. The van der Waals surface area contributed by atoms with Crippen LogP contribution in [0.25, 0.3) is 0 Å². The summed E-state index contributed by atoms with van der Waals surface area (Å²) >= 11 is 1.30. The van der Waals surface area contributed by atoms with Crippen LogP contribution in [0.2, 0.25) is 0 Å². The van der Waals surface area contributed by atoms with Gasteiger partial charge in [0.25, 0.3) is 0 Å². The van der Waals surface area contributed by atoms with Crippen molar-refractivity contribution in [2.45, 2.75) is 4.90 Å². The summed E-state index contributed by atoms with van der Waals surface area (Å²) in [5.74, 6) is 0. The van der Waals surface area contributed by atoms with E-state index in [1.807, 2.05) is 24.3 Å². The summed E-state index contributed by atoms with van der Waals surface area (Å²) in [7, 11) is 2.60. The van der Waals surface area contributed by atoms with E-state index < -0.39 is 0 Å². The van der Waals surface area contributed by atoms with Gasteiger partial charge in [-0.05, 0) is 29.4 Å². The van der Waals surface area contributed by atoms with Crippen LogP contribution in [0.5, 0.6) is 0 Å². The van der Waals surface area contributed by atoms with Gasteiger partial charge in [-0.2, -0.15) is 0 Å². The first kappa shape index (κ1) is 8.57. The largest absolute Gasteiger partial charge is 0.299 e. The van der Waals surface area contributed by atoms with Crippen LogP contribution in [0.15, 0.2) is 29.2 Å². The average molecular weight is 185 g/mol. The van der Waals surface area contributed by atoms with Gasteiger partial charge in [-0.3, -0.25) is 9.52 Å². The Balaban J connectivity index is 2.58. The van der Waals surface area contributed by atoms with Gasteiger partial charge >= 0.3 is 0 Å². The van der Waals surface area contributed by atoms with Crippen molar-refractivity contribution in [2.75, 3.05) is 0 Å². The molecule has 0 saturated heterocycles. The highest BCUT2D eigenvalue weighted by atomic mass is 32.2. The van der Waals surface area contributed by atoms with Crippen molar-refractivity contribution in [3.05, 3.63) is 24.3 Å². The third-order valence-corrected chi connectivity index (χ3v) is 2.21. The second-order valence-corrected chi connectivity index (χ2v) is 3.48. The zero-order valence-electron chi connectivity index (χ0n) is 5.78. The van der Waals surface area contributed by atoms with E-state index >= 15 is 0 Å². The van der Waals surface area contributed by atoms with Crippen LogP contribution in [0.4, 0.5) is 0 Å². The van der Waals surface area contributed by atoms with Gasteiger partial charge in [-0.1, -0.05) is 12.1 Å². The van der Waals surface area contributed by atoms with Gasteiger partial charge in [-0.25, -0.2) is 0 Å². The molecule has 4 heteroatoms. The number of benzene rings is 1. The number of carbonyl (C=O) groups is 1. The Labute approximate surface area is 72.1 Å². The van der Waals surface area contributed by atoms with E-state index in [9.17, 15) is 4.79 Å². The van der Waals surface area contributed by atoms with Crippen molar-refractivity contribution in [3.63, 3.8) is 0 Å². The van der Waals surface area contributed by atoms with E-state index in [2.05, 4.69) is 14.0 Å². The molecule has 1 amide bonds. The van der Waals surface area contributed by atoms with Gasteiger partial charge in [0.1, 0.15) is 0 Å². The molecule has 0 aliphatic heterocycles. The maximum atomic E-state index is 9.91. The molecule has 0 heterocycles. The summed E-state index contributed by atoms with van der Waals surface area (Å²) in [6, 6.07) is 7.84. The molecule has 1 N–H and O–H groups in total. The average Bonchev–Trinajstić information content (AvgIpc) is 2.04. The SMILES string of the molecule is O=CNSc1ccc(P)cc1. The Morgan fingerprint density at radius 2 is 2.00 bits per heavy atom. The number of amides is 1. The van der Waals surface area contributed by atoms with Crippen LogP contribution >= 0.6 is 21.2 Å². The van der Waals surface area contributed by atoms with Crippen LogP contribution in [0.1, 0.15) is 0 Å². The molecule has 1 aromatic rings. The van der Waals surface area contributed by atoms with Crippen molar-refractivity contribution in [1.29, 1.82) is 0 Å². The van der Waals surface area contributed by atoms with E-state index in [0.717, 1.165) is 10.2 Å². The Bertz CT molecular complexity index is 237. The molecular formula is C7H8NOPS. The highest BCUT2D eigenvalue weighted by molar-refractivity contribution is 7.97. The molecule has 1 unspecified atom stereocenters. The normalized spacial score (nSPS) is 9.18. The Kier molecular flexibility index (Phi) is 3.40. The van der Waals surface area contributed by atoms with Gasteiger partial charge < -0.3 is 0 Å². The summed E-state index contributed by atoms with van der Waals surface area (Å²) in [5, 5.41) is 1.14. The summed E-state index contributed by atoms with van der Waals surface area (Å²) < 4.78 is 2.51. The molecule has 0 radical (unpaired) electrons. The molecular weight excluding hydrogens is 177 g/mol. The van der Waals surface area contributed by atoms with Gasteiger partial charge in [-0.15, -0.1) is 9.24 Å². The third kappa shape index (κ3) is 2.91. The molecule has 0 saturated carbocycles. The summed E-state index contributed by atoms with van der Waals surface area (Å²) in [5.41, 5.74) is 0. The van der Waals surface area contributed by atoms with Crippen LogP contribution < -0.4 is 10.0 Å². The number of hydrogen-bond donors (Lipinski definition) is 1. The molecule has 11 heavy (non-hydrogen) atoms. The van der Waals surface area contributed by atoms with Crippen LogP contribution in [-0.2, 0) is 4.79 Å². The standard InChI is InChI=1S/C7H8NOPS/c9-5-8-11-7-3-1-6(10)2-4-7/h1-5H,10H2,(H,8,9). The molecule has 1 aromatic carbocycles. The highest BCUT2D eigenvalue weighted by Crippen LogP contribution is 2.11. The molecule has 58 valence electrons. The van der Waals surface area contributed by atoms with E-state index in [0.29, 0.717) is 6.41 Å². The topological polar surface area (TPSA) is 29.1 Å². The minimum absolute atomic E-state index is 0.666. The van der Waals surface area contributed by atoms with Gasteiger partial charge in [0.15, 0.2) is 0 Å². The fraction of sp³-hybridized carbons (Fsp3) is 0. The molecule has 1 rings (SSSR count). The molecule has 0 bridgehead atoms. The van der Waals surface area contributed by atoms with Gasteiger partial charge in [0.2, 0.25) is 6.41 Å². The monoisotopic (exact) mass is 185 g/mol. The van der Waals surface area contributed by atoms with E-state index in [1.54, 1.807) is 0 Å². The lowest BCUT2D eigenvalue weighted by Crippen LogP contribution is -1.97. The predicted octanol–water partition coefficient (Wildman–Crippen LogP) is 0.940. The molecule has 0 aromatic heterocycles. The lowest BCUT2D eigenvalue weighted by Gasteiger charge is -1.97. The highest BCUT2D eigenvalue weighted by Gasteiger charge is 1.90. The third-order valence-electron chi connectivity index (χ3n) is 1.10. The number of carbonyl (C=O) groups excluding carboxylic acids is 1. The van der Waals surface area contributed by atoms with E-state index in [1.165, 1.54) is 11.9 Å². The molecule has 1 atom stereocenters. The second-order valence-electron chi connectivity index (χ2n) is 1.91. The molecule has 0 aliphatic carbocycles. The van der Waals surface area contributed by atoms with Crippen LogP contribution in [0, 0.1) is 0 Å². The summed E-state index contributed by atoms with van der Waals surface area (Å²) in [6.07, 6.45) is 0.666. The first-order chi connectivity index (χ1) is 5.33. The molecule has 0 spiro atoms. The maximum Gasteiger partial charge on any atom is 0.217 e. The summed E-state index contributed by atoms with van der Waals surface area (Å²) in [4.78, 5) is 10.9. The van der Waals surface area contributed by atoms with Crippen LogP contribution in [0.3, 0.4) is 0 Å². The first-order valence-electron chi connectivity index (χ1n) is 3.04. The van der Waals surface area contributed by atoms with Crippen molar-refractivity contribution in [3.8, 4) is 0 Å².